The number of nitrogens with zero attached hydrogens (tertiary/aromatic N) is 2. The quantitative estimate of drug-likeness (QED) is 0.561. The number of rotatable bonds is 3. The maximum absolute atomic E-state index is 14.4. The molecule has 1 aromatic rings. The van der Waals surface area contributed by atoms with Crippen molar-refractivity contribution in [1.29, 1.82) is 0 Å². The molecule has 2 fully saturated rings. The van der Waals surface area contributed by atoms with Crippen molar-refractivity contribution in [2.45, 2.75) is 45.1 Å². The van der Waals surface area contributed by atoms with Crippen LogP contribution in [0.3, 0.4) is 0 Å². The topological polar surface area (TPSA) is 42.0 Å². The third-order valence-electron chi connectivity index (χ3n) is 5.81. The van der Waals surface area contributed by atoms with E-state index in [9.17, 15) is 22.4 Å². The maximum Gasteiger partial charge on any atom is 0.497 e. The zero-order valence-corrected chi connectivity index (χ0v) is 17.0. The van der Waals surface area contributed by atoms with Crippen molar-refractivity contribution in [3.63, 3.8) is 0 Å². The number of benzene rings is 1. The Morgan fingerprint density at radius 1 is 1.07 bits per heavy atom. The van der Waals surface area contributed by atoms with Gasteiger partial charge in [-0.15, -0.1) is 0 Å². The molecule has 2 saturated heterocycles. The molecule has 0 bridgehead atoms. The zero-order chi connectivity index (χ0) is 21.6. The lowest BCUT2D eigenvalue weighted by atomic mass is 9.78. The van der Waals surface area contributed by atoms with Crippen LogP contribution in [0.15, 0.2) is 18.2 Å². The summed E-state index contributed by atoms with van der Waals surface area (Å²) < 4.78 is 63.7. The van der Waals surface area contributed by atoms with Crippen LogP contribution >= 0.6 is 0 Å². The molecule has 2 heterocycles. The van der Waals surface area contributed by atoms with E-state index in [1.54, 1.807) is 0 Å². The lowest BCUT2D eigenvalue weighted by Crippen LogP contribution is -2.51. The molecule has 0 aliphatic carbocycles. The van der Waals surface area contributed by atoms with Crippen molar-refractivity contribution in [1.82, 2.24) is 9.80 Å². The first-order valence-corrected chi connectivity index (χ1v) is 9.52. The first-order chi connectivity index (χ1) is 13.3. The molecule has 0 atom stereocenters. The Labute approximate surface area is 168 Å². The van der Waals surface area contributed by atoms with Gasteiger partial charge in [-0.25, -0.2) is 4.39 Å². The molecular formula is C19H25BF4N2O3. The van der Waals surface area contributed by atoms with Gasteiger partial charge >= 0.3 is 13.3 Å². The molecule has 10 heteroatoms. The number of carbonyl (C=O) groups is 1. The van der Waals surface area contributed by atoms with Crippen LogP contribution in [0.1, 0.15) is 38.1 Å². The Morgan fingerprint density at radius 3 is 2.14 bits per heavy atom. The van der Waals surface area contributed by atoms with Crippen LogP contribution in [-0.2, 0) is 9.31 Å². The monoisotopic (exact) mass is 416 g/mol. The summed E-state index contributed by atoms with van der Waals surface area (Å²) >= 11 is 0. The summed E-state index contributed by atoms with van der Waals surface area (Å²) in [6.45, 7) is 7.03. The molecule has 0 aromatic heterocycles. The van der Waals surface area contributed by atoms with E-state index in [1.165, 1.54) is 28.0 Å². The summed E-state index contributed by atoms with van der Waals surface area (Å²) in [6.07, 6.45) is -4.26. The first-order valence-electron chi connectivity index (χ1n) is 9.52. The zero-order valence-electron chi connectivity index (χ0n) is 17.0. The first kappa shape index (κ1) is 22.0. The van der Waals surface area contributed by atoms with E-state index in [1.807, 2.05) is 27.7 Å². The second-order valence-corrected chi connectivity index (χ2v) is 8.51. The largest absolute Gasteiger partial charge is 0.497 e. The molecule has 0 spiro atoms. The smallest absolute Gasteiger partial charge is 0.399 e. The fourth-order valence-electron chi connectivity index (χ4n) is 3.37. The molecule has 0 radical (unpaired) electrons. The highest BCUT2D eigenvalue weighted by molar-refractivity contribution is 6.62. The lowest BCUT2D eigenvalue weighted by Gasteiger charge is -2.35. The number of hydrogen-bond acceptors (Lipinski definition) is 4. The Morgan fingerprint density at radius 2 is 1.62 bits per heavy atom. The van der Waals surface area contributed by atoms with Gasteiger partial charge < -0.3 is 14.2 Å². The molecule has 2 aliphatic rings. The van der Waals surface area contributed by atoms with Gasteiger partial charge in [-0.2, -0.15) is 13.2 Å². The summed E-state index contributed by atoms with van der Waals surface area (Å²) in [5, 5.41) is 0. The molecule has 0 unspecified atom stereocenters. The highest BCUT2D eigenvalue weighted by Gasteiger charge is 2.52. The summed E-state index contributed by atoms with van der Waals surface area (Å²) in [5.74, 6) is -0.899. The van der Waals surface area contributed by atoms with E-state index in [2.05, 4.69) is 0 Å². The molecule has 0 N–H and O–H groups in total. The van der Waals surface area contributed by atoms with Gasteiger partial charge in [0, 0.05) is 37.2 Å². The summed E-state index contributed by atoms with van der Waals surface area (Å²) in [7, 11) is -0.948. The summed E-state index contributed by atoms with van der Waals surface area (Å²) in [4.78, 5) is 15.6. The Bertz CT molecular complexity index is 761. The minimum Gasteiger partial charge on any atom is -0.399 e. The van der Waals surface area contributed by atoms with Crippen molar-refractivity contribution >= 4 is 18.5 Å². The van der Waals surface area contributed by atoms with Gasteiger partial charge in [-0.05, 0) is 45.9 Å². The molecule has 160 valence electrons. The minimum atomic E-state index is -4.26. The second kappa shape index (κ2) is 7.56. The van der Waals surface area contributed by atoms with E-state index < -0.39 is 36.9 Å². The second-order valence-electron chi connectivity index (χ2n) is 8.51. The molecule has 1 aromatic carbocycles. The molecule has 0 saturated carbocycles. The van der Waals surface area contributed by atoms with Gasteiger partial charge in [0.15, 0.2) is 0 Å². The highest BCUT2D eigenvalue weighted by atomic mass is 19.4. The Balaban J connectivity index is 1.71. The van der Waals surface area contributed by atoms with Gasteiger partial charge in [0.25, 0.3) is 5.91 Å². The van der Waals surface area contributed by atoms with Crippen molar-refractivity contribution < 1.29 is 31.7 Å². The number of piperazine rings is 1. The fraction of sp³-hybridized carbons (Fsp3) is 0.632. The van der Waals surface area contributed by atoms with Crippen LogP contribution in [0.2, 0.25) is 0 Å². The Kier molecular flexibility index (Phi) is 5.74. The van der Waals surface area contributed by atoms with Gasteiger partial charge in [-0.1, -0.05) is 0 Å². The van der Waals surface area contributed by atoms with Crippen molar-refractivity contribution in [2.24, 2.45) is 0 Å². The number of halogens is 4. The van der Waals surface area contributed by atoms with Gasteiger partial charge in [0.05, 0.1) is 17.7 Å². The number of amides is 1. The normalized spacial score (nSPS) is 22.2. The minimum absolute atomic E-state index is 0.130. The molecular weight excluding hydrogens is 391 g/mol. The summed E-state index contributed by atoms with van der Waals surface area (Å²) in [5.41, 5.74) is -0.927. The van der Waals surface area contributed by atoms with Crippen LogP contribution in [0.5, 0.6) is 0 Å². The lowest BCUT2D eigenvalue weighted by molar-refractivity contribution is -0.148. The van der Waals surface area contributed by atoms with E-state index in [0.717, 1.165) is 0 Å². The van der Waals surface area contributed by atoms with Crippen LogP contribution in [0, 0.1) is 5.82 Å². The SMILES string of the molecule is CC1(C)OB(c2cc(C(=O)N3CCN(CC(F)(F)F)CC3)ccc2F)OC1(C)C. The van der Waals surface area contributed by atoms with Gasteiger partial charge in [0.2, 0.25) is 0 Å². The highest BCUT2D eigenvalue weighted by Crippen LogP contribution is 2.36. The van der Waals surface area contributed by atoms with Crippen LogP contribution in [-0.4, -0.2) is 72.9 Å². The van der Waals surface area contributed by atoms with E-state index in [-0.39, 0.29) is 43.1 Å². The van der Waals surface area contributed by atoms with Gasteiger partial charge in [0.1, 0.15) is 5.82 Å². The van der Waals surface area contributed by atoms with Crippen LogP contribution in [0.4, 0.5) is 17.6 Å². The average molecular weight is 416 g/mol. The predicted octanol–water partition coefficient (Wildman–Crippen LogP) is 2.45. The third-order valence-corrected chi connectivity index (χ3v) is 5.81. The van der Waals surface area contributed by atoms with Crippen LogP contribution < -0.4 is 5.46 Å². The van der Waals surface area contributed by atoms with E-state index in [4.69, 9.17) is 9.31 Å². The molecule has 5 nitrogen and oxygen atoms in total. The predicted molar refractivity (Wildman–Crippen MR) is 101 cm³/mol. The van der Waals surface area contributed by atoms with Crippen molar-refractivity contribution in [3.05, 3.63) is 29.6 Å². The number of carbonyl (C=O) groups excluding carboxylic acids is 1. The molecule has 2 aliphatic heterocycles. The molecule has 3 rings (SSSR count). The van der Waals surface area contributed by atoms with E-state index in [0.29, 0.717) is 0 Å². The van der Waals surface area contributed by atoms with Crippen LogP contribution in [0.25, 0.3) is 0 Å². The third kappa shape index (κ3) is 4.75. The number of hydrogen-bond donors (Lipinski definition) is 0. The average Bonchev–Trinajstić information content (AvgIpc) is 2.81. The molecule has 29 heavy (non-hydrogen) atoms. The van der Waals surface area contributed by atoms with Gasteiger partial charge in [-0.3, -0.25) is 9.69 Å². The van der Waals surface area contributed by atoms with Crippen molar-refractivity contribution in [2.75, 3.05) is 32.7 Å². The standard InChI is InChI=1S/C19H25BF4N2O3/c1-17(2)18(3,4)29-20(28-17)14-11-13(5-6-15(14)21)16(27)26-9-7-25(8-10-26)12-19(22,23)24/h5-6,11H,7-10,12H2,1-4H3. The van der Waals surface area contributed by atoms with E-state index >= 15 is 0 Å². The number of alkyl halides is 3. The fourth-order valence-corrected chi connectivity index (χ4v) is 3.37. The molecule has 1 amide bonds. The Hall–Kier alpha value is -1.65. The maximum atomic E-state index is 14.4. The summed E-state index contributed by atoms with van der Waals surface area (Å²) in [6, 6.07) is 3.96. The van der Waals surface area contributed by atoms with Crippen molar-refractivity contribution in [3.8, 4) is 0 Å².